The molecule has 0 unspecified atom stereocenters. The molecule has 0 saturated carbocycles. The van der Waals surface area contributed by atoms with Crippen molar-refractivity contribution in [3.05, 3.63) is 34.2 Å². The first-order chi connectivity index (χ1) is 9.60. The molecule has 1 aromatic heterocycles. The maximum atomic E-state index is 11.4. The first-order valence-corrected chi connectivity index (χ1v) is 7.78. The van der Waals surface area contributed by atoms with E-state index in [1.54, 1.807) is 0 Å². The quantitative estimate of drug-likeness (QED) is 0.738. The van der Waals surface area contributed by atoms with Gasteiger partial charge in [0, 0.05) is 11.6 Å². The minimum Gasteiger partial charge on any atom is -0.421 e. The number of aromatic nitrogens is 1. The Morgan fingerprint density at radius 2 is 1.36 bits per heavy atom. The fourth-order valence-corrected chi connectivity index (χ4v) is 2.41. The van der Waals surface area contributed by atoms with E-state index in [0.717, 1.165) is 4.13 Å². The van der Waals surface area contributed by atoms with Crippen molar-refractivity contribution in [2.45, 2.75) is 17.9 Å². The Hall–Kier alpha value is -1.41. The number of aromatic amines is 1. The number of hydrogen-bond acceptors (Lipinski definition) is 4. The normalized spacial score (nSPS) is 13.2. The third kappa shape index (κ3) is 6.15. The molecule has 6 nitrogen and oxygen atoms in total. The van der Waals surface area contributed by atoms with Gasteiger partial charge in [-0.1, -0.05) is 0 Å². The van der Waals surface area contributed by atoms with Crippen molar-refractivity contribution >= 4 is 20.0 Å². The van der Waals surface area contributed by atoms with Gasteiger partial charge in [0.1, 0.15) is 0 Å². The summed E-state index contributed by atoms with van der Waals surface area (Å²) in [6, 6.07) is 4.03. The molecule has 0 aromatic carbocycles. The van der Waals surface area contributed by atoms with E-state index in [9.17, 15) is 43.2 Å². The van der Waals surface area contributed by atoms with Crippen LogP contribution < -0.4 is 4.98 Å². The second-order valence-corrected chi connectivity index (χ2v) is 6.92. The Kier molecular flexibility index (Phi) is 6.35. The molecule has 1 aromatic rings. The molecule has 0 bridgehead atoms. The summed E-state index contributed by atoms with van der Waals surface area (Å²) in [7, 11) is -13.4. The van der Waals surface area contributed by atoms with Gasteiger partial charge >= 0.3 is 11.0 Å². The SMILES string of the molecule is Cc1ccc[nH+]c1.O=S(=O)([N-]S(=O)(=O)C(F)(F)F)C(F)(F)F. The molecular formula is C8H8F6N2O4S2. The smallest absolute Gasteiger partial charge is 0.421 e. The molecule has 0 aliphatic rings. The van der Waals surface area contributed by atoms with Gasteiger partial charge in [0.2, 0.25) is 0 Å². The maximum Gasteiger partial charge on any atom is 0.480 e. The Morgan fingerprint density at radius 3 is 1.55 bits per heavy atom. The molecule has 0 aliphatic carbocycles. The molecule has 14 heteroatoms. The van der Waals surface area contributed by atoms with Crippen LogP contribution in [0.3, 0.4) is 0 Å². The Morgan fingerprint density at radius 1 is 0.955 bits per heavy atom. The molecule has 0 radical (unpaired) electrons. The van der Waals surface area contributed by atoms with Crippen LogP contribution in [0.1, 0.15) is 5.56 Å². The second kappa shape index (κ2) is 6.78. The lowest BCUT2D eigenvalue weighted by molar-refractivity contribution is -0.378. The third-order valence-corrected chi connectivity index (χ3v) is 4.38. The summed E-state index contributed by atoms with van der Waals surface area (Å²) in [5.74, 6) is 0. The van der Waals surface area contributed by atoms with E-state index in [-0.39, 0.29) is 0 Å². The molecular weight excluding hydrogens is 366 g/mol. The van der Waals surface area contributed by atoms with Gasteiger partial charge in [0.25, 0.3) is 0 Å². The van der Waals surface area contributed by atoms with Gasteiger partial charge in [-0.15, -0.1) is 0 Å². The van der Waals surface area contributed by atoms with Crippen molar-refractivity contribution in [3.63, 3.8) is 0 Å². The minimum atomic E-state index is -6.72. The fraction of sp³-hybridized carbons (Fsp3) is 0.375. The predicted molar refractivity (Wildman–Crippen MR) is 61.0 cm³/mol. The van der Waals surface area contributed by atoms with Crippen molar-refractivity contribution in [1.82, 2.24) is 0 Å². The van der Waals surface area contributed by atoms with Crippen LogP contribution in [0, 0.1) is 6.92 Å². The van der Waals surface area contributed by atoms with Crippen molar-refractivity contribution in [3.8, 4) is 0 Å². The topological polar surface area (TPSA) is 96.5 Å². The van der Waals surface area contributed by atoms with Crippen LogP contribution in [0.2, 0.25) is 0 Å². The number of aryl methyl sites for hydroxylation is 1. The van der Waals surface area contributed by atoms with Crippen molar-refractivity contribution in [1.29, 1.82) is 0 Å². The summed E-state index contributed by atoms with van der Waals surface area (Å²) in [5, 5.41) is 0. The van der Waals surface area contributed by atoms with Gasteiger partial charge in [0.05, 0.1) is 0 Å². The highest BCUT2D eigenvalue weighted by atomic mass is 32.3. The number of nitrogens with one attached hydrogen (secondary N) is 1. The lowest BCUT2D eigenvalue weighted by Gasteiger charge is -2.22. The van der Waals surface area contributed by atoms with Gasteiger partial charge in [-0.05, 0) is 13.0 Å². The molecule has 1 heterocycles. The number of hydrogen-bond donors (Lipinski definition) is 0. The maximum absolute atomic E-state index is 11.4. The summed E-state index contributed by atoms with van der Waals surface area (Å²) in [6.45, 7) is 2.05. The molecule has 0 atom stereocenters. The standard InChI is InChI=1S/C6H7N.C2F6NO4S2/c1-6-3-2-4-7-5-6;3-1(4,5)14(10,11)9-15(12,13)2(6,7)8/h2-5H,1H3;/q;-1/p+1. The molecule has 1 rings (SSSR count). The van der Waals surface area contributed by atoms with E-state index >= 15 is 0 Å². The number of H-pyrrole nitrogens is 1. The van der Waals surface area contributed by atoms with Crippen LogP contribution in [-0.2, 0) is 20.0 Å². The predicted octanol–water partition coefficient (Wildman–Crippen LogP) is 1.87. The average Bonchev–Trinajstić information content (AvgIpc) is 2.26. The Bertz CT molecular complexity index is 640. The van der Waals surface area contributed by atoms with Gasteiger partial charge < -0.3 is 4.13 Å². The highest BCUT2D eigenvalue weighted by Gasteiger charge is 2.46. The largest absolute Gasteiger partial charge is 0.480 e. The molecule has 1 N–H and O–H groups in total. The molecule has 0 aliphatic heterocycles. The summed E-state index contributed by atoms with van der Waals surface area (Å²) < 4.78 is 109. The number of alkyl halides is 6. The molecule has 0 fully saturated rings. The number of pyridine rings is 1. The molecule has 0 spiro atoms. The first kappa shape index (κ1) is 20.6. The van der Waals surface area contributed by atoms with Crippen LogP contribution in [0.4, 0.5) is 26.3 Å². The van der Waals surface area contributed by atoms with Crippen LogP contribution in [0.5, 0.6) is 0 Å². The summed E-state index contributed by atoms with van der Waals surface area (Å²) in [4.78, 5) is 2.96. The van der Waals surface area contributed by atoms with Crippen LogP contribution in [0.15, 0.2) is 24.5 Å². The van der Waals surface area contributed by atoms with Gasteiger partial charge in [-0.25, -0.2) is 21.8 Å². The molecule has 22 heavy (non-hydrogen) atoms. The van der Waals surface area contributed by atoms with Crippen molar-refractivity contribution < 1.29 is 48.2 Å². The first-order valence-electron chi connectivity index (χ1n) is 4.90. The Labute approximate surface area is 121 Å². The van der Waals surface area contributed by atoms with Crippen LogP contribution in [-0.4, -0.2) is 27.9 Å². The second-order valence-electron chi connectivity index (χ2n) is 3.50. The van der Waals surface area contributed by atoms with E-state index in [1.807, 2.05) is 18.5 Å². The third-order valence-electron chi connectivity index (χ3n) is 1.64. The summed E-state index contributed by atoms with van der Waals surface area (Å²) in [5.41, 5.74) is -11.1. The molecule has 0 saturated heterocycles. The summed E-state index contributed by atoms with van der Waals surface area (Å²) >= 11 is 0. The monoisotopic (exact) mass is 374 g/mol. The zero-order chi connectivity index (χ0) is 17.8. The highest BCUT2D eigenvalue weighted by molar-refractivity contribution is 8.13. The zero-order valence-corrected chi connectivity index (χ0v) is 12.1. The van der Waals surface area contributed by atoms with Crippen LogP contribution >= 0.6 is 0 Å². The van der Waals surface area contributed by atoms with E-state index in [2.05, 4.69) is 18.0 Å². The van der Waals surface area contributed by atoms with Crippen molar-refractivity contribution in [2.24, 2.45) is 0 Å². The fourth-order valence-electron chi connectivity index (χ4n) is 0.697. The molecule has 0 amide bonds. The highest BCUT2D eigenvalue weighted by Crippen LogP contribution is 2.36. The number of nitrogens with zero attached hydrogens (tertiary/aromatic N) is 1. The van der Waals surface area contributed by atoms with E-state index in [1.165, 1.54) is 5.56 Å². The number of sulfonamides is 2. The molecule has 128 valence electrons. The minimum absolute atomic E-state index is 0.778. The van der Waals surface area contributed by atoms with Gasteiger partial charge in [0.15, 0.2) is 32.4 Å². The lowest BCUT2D eigenvalue weighted by atomic mass is 10.3. The zero-order valence-electron chi connectivity index (χ0n) is 10.5. The summed E-state index contributed by atoms with van der Waals surface area (Å²) in [6.07, 6.45) is 3.85. The van der Waals surface area contributed by atoms with E-state index < -0.39 is 31.1 Å². The number of rotatable bonds is 2. The average molecular weight is 374 g/mol. The van der Waals surface area contributed by atoms with Crippen molar-refractivity contribution in [2.75, 3.05) is 0 Å². The van der Waals surface area contributed by atoms with Gasteiger partial charge in [-0.2, -0.15) is 26.3 Å². The lowest BCUT2D eigenvalue weighted by Crippen LogP contribution is -2.30. The van der Waals surface area contributed by atoms with E-state index in [0.29, 0.717) is 0 Å². The van der Waals surface area contributed by atoms with E-state index in [4.69, 9.17) is 0 Å². The van der Waals surface area contributed by atoms with Crippen LogP contribution in [0.25, 0.3) is 4.13 Å². The number of halogens is 6. The Balaban J connectivity index is 0.000000518. The van der Waals surface area contributed by atoms with Gasteiger partial charge in [-0.3, -0.25) is 0 Å².